The van der Waals surface area contributed by atoms with Crippen molar-refractivity contribution in [2.75, 3.05) is 44.4 Å². The molecule has 1 fully saturated rings. The van der Waals surface area contributed by atoms with E-state index < -0.39 is 0 Å². The van der Waals surface area contributed by atoms with Crippen LogP contribution in [0.5, 0.6) is 0 Å². The monoisotopic (exact) mass is 294 g/mol. The van der Waals surface area contributed by atoms with Crippen LogP contribution < -0.4 is 5.32 Å². The van der Waals surface area contributed by atoms with Gasteiger partial charge in [0.2, 0.25) is 5.91 Å². The summed E-state index contributed by atoms with van der Waals surface area (Å²) in [6.45, 7) is 4.21. The molecule has 0 unspecified atom stereocenters. The van der Waals surface area contributed by atoms with E-state index in [1.165, 1.54) is 5.56 Å². The van der Waals surface area contributed by atoms with Crippen LogP contribution in [0.2, 0.25) is 0 Å². The molecule has 0 aliphatic carbocycles. The Labute approximate surface area is 124 Å². The van der Waals surface area contributed by atoms with Crippen LogP contribution >= 0.6 is 11.8 Å². The van der Waals surface area contributed by atoms with Gasteiger partial charge in [0.15, 0.2) is 0 Å². The summed E-state index contributed by atoms with van der Waals surface area (Å²) in [7, 11) is 0. The minimum Gasteiger partial charge on any atom is -0.379 e. The SMILES string of the molecule is CSCc1ccccc1NC(=O)CCN1CCOCC1. The Morgan fingerprint density at radius 3 is 2.85 bits per heavy atom. The first-order valence-corrected chi connectivity index (χ1v) is 8.36. The lowest BCUT2D eigenvalue weighted by atomic mass is 10.2. The number of amides is 1. The number of nitrogens with zero attached hydrogens (tertiary/aromatic N) is 1. The van der Waals surface area contributed by atoms with Crippen molar-refractivity contribution in [3.63, 3.8) is 0 Å². The molecule has 20 heavy (non-hydrogen) atoms. The average molecular weight is 294 g/mol. The molecule has 4 nitrogen and oxygen atoms in total. The number of carbonyl (C=O) groups excluding carboxylic acids is 1. The van der Waals surface area contributed by atoms with Gasteiger partial charge in [0.1, 0.15) is 0 Å². The number of benzene rings is 1. The molecular weight excluding hydrogens is 272 g/mol. The lowest BCUT2D eigenvalue weighted by molar-refractivity contribution is -0.116. The molecule has 0 aromatic heterocycles. The van der Waals surface area contributed by atoms with Crippen LogP contribution in [0.15, 0.2) is 24.3 Å². The summed E-state index contributed by atoms with van der Waals surface area (Å²) in [5.41, 5.74) is 2.12. The third kappa shape index (κ3) is 4.81. The predicted molar refractivity (Wildman–Crippen MR) is 84.2 cm³/mol. The zero-order valence-corrected chi connectivity index (χ0v) is 12.7. The van der Waals surface area contributed by atoms with E-state index in [9.17, 15) is 4.79 Å². The Morgan fingerprint density at radius 2 is 2.10 bits per heavy atom. The first kappa shape index (κ1) is 15.4. The van der Waals surface area contributed by atoms with Crippen molar-refractivity contribution < 1.29 is 9.53 Å². The van der Waals surface area contributed by atoms with Crippen LogP contribution in [0.1, 0.15) is 12.0 Å². The number of hydrogen-bond donors (Lipinski definition) is 1. The number of hydrogen-bond acceptors (Lipinski definition) is 4. The van der Waals surface area contributed by atoms with Crippen molar-refractivity contribution in [1.29, 1.82) is 0 Å². The molecule has 0 spiro atoms. The Bertz CT molecular complexity index is 434. The molecule has 0 bridgehead atoms. The Morgan fingerprint density at radius 1 is 1.35 bits per heavy atom. The van der Waals surface area contributed by atoms with Crippen LogP contribution in [0.4, 0.5) is 5.69 Å². The molecule has 1 aromatic carbocycles. The van der Waals surface area contributed by atoms with Gasteiger partial charge in [0, 0.05) is 37.5 Å². The zero-order valence-electron chi connectivity index (χ0n) is 11.9. The normalized spacial score (nSPS) is 16.1. The summed E-state index contributed by atoms with van der Waals surface area (Å²) < 4.78 is 5.30. The number of ether oxygens (including phenoxy) is 1. The maximum atomic E-state index is 12.0. The second-order valence-corrected chi connectivity index (χ2v) is 5.71. The van der Waals surface area contributed by atoms with E-state index in [2.05, 4.69) is 22.5 Å². The van der Waals surface area contributed by atoms with Crippen LogP contribution in [-0.2, 0) is 15.3 Å². The van der Waals surface area contributed by atoms with Crippen molar-refractivity contribution >= 4 is 23.4 Å². The van der Waals surface area contributed by atoms with E-state index in [1.54, 1.807) is 11.8 Å². The van der Waals surface area contributed by atoms with Crippen molar-refractivity contribution in [3.05, 3.63) is 29.8 Å². The molecule has 5 heteroatoms. The highest BCUT2D eigenvalue weighted by molar-refractivity contribution is 7.97. The van der Waals surface area contributed by atoms with Gasteiger partial charge >= 0.3 is 0 Å². The number of carbonyl (C=O) groups is 1. The topological polar surface area (TPSA) is 41.6 Å². The van der Waals surface area contributed by atoms with Crippen molar-refractivity contribution in [3.8, 4) is 0 Å². The summed E-state index contributed by atoms with van der Waals surface area (Å²) in [6, 6.07) is 8.00. The maximum absolute atomic E-state index is 12.0. The fourth-order valence-electron chi connectivity index (χ4n) is 2.22. The number of rotatable bonds is 6. The van der Waals surface area contributed by atoms with Crippen molar-refractivity contribution in [2.45, 2.75) is 12.2 Å². The molecule has 1 aromatic rings. The summed E-state index contributed by atoms with van der Waals surface area (Å²) in [5, 5.41) is 3.02. The summed E-state index contributed by atoms with van der Waals surface area (Å²) in [5.74, 6) is 1.00. The molecule has 0 saturated carbocycles. The van der Waals surface area contributed by atoms with Gasteiger partial charge in [-0.05, 0) is 17.9 Å². The number of nitrogens with one attached hydrogen (secondary N) is 1. The predicted octanol–water partition coefficient (Wildman–Crippen LogP) is 2.21. The highest BCUT2D eigenvalue weighted by Crippen LogP contribution is 2.19. The lowest BCUT2D eigenvalue weighted by Crippen LogP contribution is -2.38. The largest absolute Gasteiger partial charge is 0.379 e. The quantitative estimate of drug-likeness (QED) is 0.873. The van der Waals surface area contributed by atoms with E-state index in [0.717, 1.165) is 44.3 Å². The molecule has 1 aliphatic heterocycles. The van der Waals surface area contributed by atoms with Crippen molar-refractivity contribution in [1.82, 2.24) is 4.90 Å². The van der Waals surface area contributed by atoms with Gasteiger partial charge in [0.25, 0.3) is 0 Å². The Hall–Kier alpha value is -1.04. The van der Waals surface area contributed by atoms with E-state index in [1.807, 2.05) is 18.2 Å². The Balaban J connectivity index is 1.81. The molecule has 1 N–H and O–H groups in total. The third-order valence-electron chi connectivity index (χ3n) is 3.35. The van der Waals surface area contributed by atoms with Crippen LogP contribution in [0.25, 0.3) is 0 Å². The summed E-state index contributed by atoms with van der Waals surface area (Å²) in [4.78, 5) is 14.3. The average Bonchev–Trinajstić information content (AvgIpc) is 2.49. The Kier molecular flexibility index (Phi) is 6.36. The molecule has 0 atom stereocenters. The van der Waals surface area contributed by atoms with Gasteiger partial charge in [0.05, 0.1) is 13.2 Å². The van der Waals surface area contributed by atoms with E-state index in [4.69, 9.17) is 4.74 Å². The number of anilines is 1. The van der Waals surface area contributed by atoms with E-state index in [-0.39, 0.29) is 5.91 Å². The number of para-hydroxylation sites is 1. The molecule has 1 amide bonds. The van der Waals surface area contributed by atoms with Gasteiger partial charge in [-0.2, -0.15) is 11.8 Å². The highest BCUT2D eigenvalue weighted by atomic mass is 32.2. The summed E-state index contributed by atoms with van der Waals surface area (Å²) >= 11 is 1.76. The minimum absolute atomic E-state index is 0.0880. The van der Waals surface area contributed by atoms with Crippen LogP contribution in [-0.4, -0.2) is 49.9 Å². The molecule has 1 saturated heterocycles. The minimum atomic E-state index is 0.0880. The second-order valence-electron chi connectivity index (χ2n) is 4.84. The first-order chi connectivity index (χ1) is 9.79. The standard InChI is InChI=1S/C15H22N2O2S/c1-20-12-13-4-2-3-5-14(13)16-15(18)6-7-17-8-10-19-11-9-17/h2-5H,6-12H2,1H3,(H,16,18). The van der Waals surface area contributed by atoms with Crippen molar-refractivity contribution in [2.24, 2.45) is 0 Å². The molecule has 1 heterocycles. The highest BCUT2D eigenvalue weighted by Gasteiger charge is 2.12. The molecular formula is C15H22N2O2S. The second kappa shape index (κ2) is 8.29. The van der Waals surface area contributed by atoms with Gasteiger partial charge in [-0.3, -0.25) is 9.69 Å². The first-order valence-electron chi connectivity index (χ1n) is 6.96. The number of thioether (sulfide) groups is 1. The van der Waals surface area contributed by atoms with E-state index in [0.29, 0.717) is 6.42 Å². The molecule has 2 rings (SSSR count). The van der Waals surface area contributed by atoms with Gasteiger partial charge in [-0.25, -0.2) is 0 Å². The smallest absolute Gasteiger partial charge is 0.225 e. The molecule has 0 radical (unpaired) electrons. The van der Waals surface area contributed by atoms with Gasteiger partial charge in [-0.15, -0.1) is 0 Å². The lowest BCUT2D eigenvalue weighted by Gasteiger charge is -2.26. The van der Waals surface area contributed by atoms with Crippen LogP contribution in [0.3, 0.4) is 0 Å². The zero-order chi connectivity index (χ0) is 14.2. The van der Waals surface area contributed by atoms with Crippen LogP contribution in [0, 0.1) is 0 Å². The van der Waals surface area contributed by atoms with Gasteiger partial charge < -0.3 is 10.1 Å². The fourth-order valence-corrected chi connectivity index (χ4v) is 2.78. The van der Waals surface area contributed by atoms with E-state index >= 15 is 0 Å². The maximum Gasteiger partial charge on any atom is 0.225 e. The fraction of sp³-hybridized carbons (Fsp3) is 0.533. The molecule has 1 aliphatic rings. The summed E-state index contributed by atoms with van der Waals surface area (Å²) in [6.07, 6.45) is 2.60. The number of morpholine rings is 1. The third-order valence-corrected chi connectivity index (χ3v) is 3.95. The van der Waals surface area contributed by atoms with Gasteiger partial charge in [-0.1, -0.05) is 18.2 Å². The molecule has 110 valence electrons.